The van der Waals surface area contributed by atoms with Crippen LogP contribution in [0.15, 0.2) is 18.2 Å². The lowest BCUT2D eigenvalue weighted by molar-refractivity contribution is -0.135. The maximum atomic E-state index is 12.8. The van der Waals surface area contributed by atoms with E-state index in [9.17, 15) is 9.59 Å². The van der Waals surface area contributed by atoms with Crippen LogP contribution in [0.1, 0.15) is 29.6 Å². The fraction of sp³-hybridized carbons (Fsp3) is 0.500. The molecule has 116 valence electrons. The molecule has 0 unspecified atom stereocenters. The summed E-state index contributed by atoms with van der Waals surface area (Å²) in [6.45, 7) is 0.897. The zero-order valence-corrected chi connectivity index (χ0v) is 12.4. The van der Waals surface area contributed by atoms with Gasteiger partial charge in [-0.25, -0.2) is 0 Å². The van der Waals surface area contributed by atoms with E-state index < -0.39 is 0 Å². The van der Waals surface area contributed by atoms with E-state index in [2.05, 4.69) is 0 Å². The Morgan fingerprint density at radius 1 is 1.18 bits per heavy atom. The Morgan fingerprint density at radius 3 is 2.86 bits per heavy atom. The quantitative estimate of drug-likeness (QED) is 0.783. The van der Waals surface area contributed by atoms with Crippen LogP contribution >= 0.6 is 0 Å². The topological polar surface area (TPSA) is 59.1 Å². The molecule has 0 aromatic heterocycles. The second kappa shape index (κ2) is 4.90. The summed E-state index contributed by atoms with van der Waals surface area (Å²) in [7, 11) is 1.84. The molecule has 0 radical (unpaired) electrons. The van der Waals surface area contributed by atoms with Gasteiger partial charge in [-0.15, -0.1) is 0 Å². The van der Waals surface area contributed by atoms with Crippen LogP contribution in [0.5, 0.6) is 11.5 Å². The van der Waals surface area contributed by atoms with E-state index in [1.807, 2.05) is 11.9 Å². The van der Waals surface area contributed by atoms with Gasteiger partial charge in [-0.1, -0.05) is 0 Å². The lowest BCUT2D eigenvalue weighted by Gasteiger charge is -2.37. The molecule has 0 bridgehead atoms. The van der Waals surface area contributed by atoms with E-state index in [4.69, 9.17) is 9.47 Å². The lowest BCUT2D eigenvalue weighted by Crippen LogP contribution is -2.51. The molecule has 0 saturated carbocycles. The third kappa shape index (κ3) is 1.94. The average molecular weight is 302 g/mol. The Labute approximate surface area is 128 Å². The number of carbonyl (C=O) groups excluding carboxylic acids is 2. The molecule has 2 atom stereocenters. The van der Waals surface area contributed by atoms with Crippen molar-refractivity contribution in [1.29, 1.82) is 0 Å². The minimum absolute atomic E-state index is 0.00792. The summed E-state index contributed by atoms with van der Waals surface area (Å²) >= 11 is 0. The molecule has 1 aromatic carbocycles. The van der Waals surface area contributed by atoms with Crippen LogP contribution in [-0.4, -0.2) is 54.1 Å². The third-order valence-electron chi connectivity index (χ3n) is 4.94. The summed E-state index contributed by atoms with van der Waals surface area (Å²) in [5.41, 5.74) is 0.615. The van der Waals surface area contributed by atoms with E-state index in [1.165, 1.54) is 0 Å². The van der Waals surface area contributed by atoms with Gasteiger partial charge in [0.2, 0.25) is 12.7 Å². The maximum absolute atomic E-state index is 12.8. The van der Waals surface area contributed by atoms with E-state index in [0.717, 1.165) is 12.8 Å². The van der Waals surface area contributed by atoms with Crippen molar-refractivity contribution in [3.63, 3.8) is 0 Å². The number of likely N-dealkylation sites (N-methyl/N-ethyl adjacent to an activating group) is 1. The highest BCUT2D eigenvalue weighted by atomic mass is 16.7. The van der Waals surface area contributed by atoms with Crippen LogP contribution < -0.4 is 9.47 Å². The number of ether oxygens (including phenoxy) is 2. The largest absolute Gasteiger partial charge is 0.454 e. The second-order valence-corrected chi connectivity index (χ2v) is 6.03. The smallest absolute Gasteiger partial charge is 0.254 e. The van der Waals surface area contributed by atoms with Crippen LogP contribution in [0.4, 0.5) is 0 Å². The van der Waals surface area contributed by atoms with Crippen molar-refractivity contribution < 1.29 is 19.1 Å². The Balaban J connectivity index is 1.57. The van der Waals surface area contributed by atoms with Gasteiger partial charge < -0.3 is 19.3 Å². The number of fused-ring (bicyclic) bond motifs is 2. The van der Waals surface area contributed by atoms with Gasteiger partial charge in [0, 0.05) is 25.6 Å². The van der Waals surface area contributed by atoms with Gasteiger partial charge >= 0.3 is 0 Å². The minimum atomic E-state index is 0.00792. The molecule has 3 aliphatic heterocycles. The monoisotopic (exact) mass is 302 g/mol. The van der Waals surface area contributed by atoms with E-state index in [1.54, 1.807) is 23.1 Å². The van der Waals surface area contributed by atoms with E-state index >= 15 is 0 Å². The number of hydrogen-bond acceptors (Lipinski definition) is 4. The van der Waals surface area contributed by atoms with Crippen molar-refractivity contribution in [2.75, 3.05) is 20.4 Å². The molecule has 22 heavy (non-hydrogen) atoms. The molecule has 2 fully saturated rings. The Hall–Kier alpha value is -2.24. The number of nitrogens with zero attached hydrogens (tertiary/aromatic N) is 2. The second-order valence-electron chi connectivity index (χ2n) is 6.03. The van der Waals surface area contributed by atoms with Crippen molar-refractivity contribution in [2.24, 2.45) is 0 Å². The molecule has 4 rings (SSSR count). The summed E-state index contributed by atoms with van der Waals surface area (Å²) in [5, 5.41) is 0. The molecule has 3 aliphatic rings. The SMILES string of the molecule is CN1C(=O)CC[C@@H]2[C@H]1CCN2C(=O)c1ccc2c(c1)OCO2. The van der Waals surface area contributed by atoms with Gasteiger partial charge in [0.15, 0.2) is 11.5 Å². The number of rotatable bonds is 1. The Bertz CT molecular complexity index is 645. The van der Waals surface area contributed by atoms with Gasteiger partial charge in [-0.2, -0.15) is 0 Å². The van der Waals surface area contributed by atoms with Crippen LogP contribution in [0.25, 0.3) is 0 Å². The van der Waals surface area contributed by atoms with Crippen molar-refractivity contribution >= 4 is 11.8 Å². The molecular formula is C16H18N2O4. The summed E-state index contributed by atoms with van der Waals surface area (Å²) in [6, 6.07) is 5.58. The summed E-state index contributed by atoms with van der Waals surface area (Å²) < 4.78 is 10.6. The predicted molar refractivity (Wildman–Crippen MR) is 77.8 cm³/mol. The van der Waals surface area contributed by atoms with Crippen molar-refractivity contribution in [3.8, 4) is 11.5 Å². The van der Waals surface area contributed by atoms with E-state index in [0.29, 0.717) is 30.0 Å². The van der Waals surface area contributed by atoms with Gasteiger partial charge in [0.1, 0.15) is 0 Å². The highest BCUT2D eigenvalue weighted by molar-refractivity contribution is 5.95. The maximum Gasteiger partial charge on any atom is 0.254 e. The van der Waals surface area contributed by atoms with E-state index in [-0.39, 0.29) is 30.7 Å². The van der Waals surface area contributed by atoms with Crippen molar-refractivity contribution in [1.82, 2.24) is 9.80 Å². The molecule has 6 nitrogen and oxygen atoms in total. The predicted octanol–water partition coefficient (Wildman–Crippen LogP) is 1.25. The lowest BCUT2D eigenvalue weighted by atomic mass is 9.96. The first-order valence-corrected chi connectivity index (χ1v) is 7.61. The van der Waals surface area contributed by atoms with Gasteiger partial charge in [0.05, 0.1) is 12.1 Å². The van der Waals surface area contributed by atoms with Crippen LogP contribution in [0, 0.1) is 0 Å². The molecule has 0 spiro atoms. The summed E-state index contributed by atoms with van der Waals surface area (Å²) in [4.78, 5) is 28.3. The number of piperidine rings is 1. The molecule has 0 aliphatic carbocycles. The number of benzene rings is 1. The Morgan fingerprint density at radius 2 is 2.00 bits per heavy atom. The first-order valence-electron chi connectivity index (χ1n) is 7.61. The van der Waals surface area contributed by atoms with Gasteiger partial charge in [0.25, 0.3) is 5.91 Å². The zero-order chi connectivity index (χ0) is 15.3. The molecule has 2 saturated heterocycles. The molecule has 3 heterocycles. The van der Waals surface area contributed by atoms with Gasteiger partial charge in [-0.3, -0.25) is 9.59 Å². The van der Waals surface area contributed by atoms with Crippen molar-refractivity contribution in [2.45, 2.75) is 31.3 Å². The number of carbonyl (C=O) groups is 2. The van der Waals surface area contributed by atoms with Gasteiger partial charge in [-0.05, 0) is 31.0 Å². The number of hydrogen-bond donors (Lipinski definition) is 0. The fourth-order valence-corrected chi connectivity index (χ4v) is 3.72. The zero-order valence-electron chi connectivity index (χ0n) is 12.4. The molecule has 1 aromatic rings. The molecule has 0 N–H and O–H groups in total. The highest BCUT2D eigenvalue weighted by Gasteiger charge is 2.43. The third-order valence-corrected chi connectivity index (χ3v) is 4.94. The average Bonchev–Trinajstić information content (AvgIpc) is 3.16. The Kier molecular flexibility index (Phi) is 2.99. The summed E-state index contributed by atoms with van der Waals surface area (Å²) in [6.07, 6.45) is 2.12. The normalized spacial score (nSPS) is 26.3. The molecule has 2 amide bonds. The van der Waals surface area contributed by atoms with Crippen LogP contribution in [0.3, 0.4) is 0 Å². The van der Waals surface area contributed by atoms with Crippen LogP contribution in [0.2, 0.25) is 0 Å². The number of likely N-dealkylation sites (tertiary alicyclic amines) is 2. The summed E-state index contributed by atoms with van der Waals surface area (Å²) in [5.74, 6) is 1.49. The van der Waals surface area contributed by atoms with Crippen molar-refractivity contribution in [3.05, 3.63) is 23.8 Å². The first kappa shape index (κ1) is 13.4. The standard InChI is InChI=1S/C16H18N2O4/c1-17-11-6-7-18(12(11)3-5-15(17)19)16(20)10-2-4-13-14(8-10)22-9-21-13/h2,4,8,11-12H,3,5-7,9H2,1H3/t11-,12-/m1/s1. The highest BCUT2D eigenvalue weighted by Crippen LogP contribution is 2.35. The minimum Gasteiger partial charge on any atom is -0.454 e. The first-order chi connectivity index (χ1) is 10.6. The molecular weight excluding hydrogens is 284 g/mol. The molecule has 6 heteroatoms. The number of amides is 2. The van der Waals surface area contributed by atoms with Crippen LogP contribution in [-0.2, 0) is 4.79 Å². The fourth-order valence-electron chi connectivity index (χ4n) is 3.72.